The van der Waals surface area contributed by atoms with Crippen LogP contribution in [0.15, 0.2) is 0 Å². The molecule has 0 fully saturated rings. The molecule has 0 heterocycles. The minimum absolute atomic E-state index is 0.705. The molecule has 0 aliphatic heterocycles. The fourth-order valence-corrected chi connectivity index (χ4v) is 4.42. The summed E-state index contributed by atoms with van der Waals surface area (Å²) < 4.78 is 0. The molecule has 1 unspecified atom stereocenters. The second kappa shape index (κ2) is 24.2. The molecule has 0 saturated heterocycles. The summed E-state index contributed by atoms with van der Waals surface area (Å²) in [5, 5.41) is 3.92. The van der Waals surface area contributed by atoms with Crippen molar-refractivity contribution in [2.45, 2.75) is 115 Å². The van der Waals surface area contributed by atoms with Gasteiger partial charge in [-0.1, -0.05) is 33.1 Å². The summed E-state index contributed by atoms with van der Waals surface area (Å²) in [6.07, 6.45) is 17.6. The number of rotatable bonds is 16. The third-order valence-electron chi connectivity index (χ3n) is 3.90. The number of carbonyl (C=O) groups is 1. The zero-order valence-electron chi connectivity index (χ0n) is 16.4. The summed E-state index contributed by atoms with van der Waals surface area (Å²) in [5.74, 6) is 0. The summed E-state index contributed by atoms with van der Waals surface area (Å²) in [5.41, 5.74) is 0. The van der Waals surface area contributed by atoms with Crippen molar-refractivity contribution in [2.24, 2.45) is 0 Å². The first-order valence-corrected chi connectivity index (χ1v) is 12.2. The molecule has 0 aliphatic carbocycles. The molecule has 2 nitrogen and oxygen atoms in total. The van der Waals surface area contributed by atoms with Gasteiger partial charge >= 0.3 is 120 Å². The first-order chi connectivity index (χ1) is 11.2. The standard InChI is InChI=1S/C15H31NOSe.C5H12/c1-3-4-5-6-7-8-9-10-11-15(2)18-13-12-16-14-17;1-3-5-4-2/h14-15H,3-13H2,1-2H3,(H,16,17);3-5H2,1-2H3. The first kappa shape index (κ1) is 25.2. The van der Waals surface area contributed by atoms with Crippen LogP contribution in [0.2, 0.25) is 10.1 Å². The van der Waals surface area contributed by atoms with Gasteiger partial charge < -0.3 is 0 Å². The Labute approximate surface area is 153 Å². The van der Waals surface area contributed by atoms with E-state index in [0.29, 0.717) is 15.0 Å². The number of unbranched alkanes of at least 4 members (excludes halogenated alkanes) is 9. The Morgan fingerprint density at radius 1 is 0.826 bits per heavy atom. The van der Waals surface area contributed by atoms with Crippen LogP contribution in [0.25, 0.3) is 0 Å². The maximum absolute atomic E-state index is 10.1. The number of nitrogens with one attached hydrogen (secondary N) is 1. The van der Waals surface area contributed by atoms with E-state index in [1.54, 1.807) is 0 Å². The van der Waals surface area contributed by atoms with Crippen LogP contribution in [0.4, 0.5) is 0 Å². The van der Waals surface area contributed by atoms with Gasteiger partial charge in [0.05, 0.1) is 0 Å². The molecular weight excluding hydrogens is 349 g/mol. The third kappa shape index (κ3) is 27.2. The van der Waals surface area contributed by atoms with Gasteiger partial charge in [-0.25, -0.2) is 0 Å². The van der Waals surface area contributed by atoms with Gasteiger partial charge in [0.25, 0.3) is 0 Å². The molecule has 0 aliphatic rings. The predicted molar refractivity (Wildman–Crippen MR) is 106 cm³/mol. The fraction of sp³-hybridized carbons (Fsp3) is 0.950. The summed E-state index contributed by atoms with van der Waals surface area (Å²) >= 11 is 0.705. The Morgan fingerprint density at radius 3 is 1.83 bits per heavy atom. The van der Waals surface area contributed by atoms with Crippen LogP contribution in [0.5, 0.6) is 0 Å². The zero-order chi connectivity index (χ0) is 17.6. The van der Waals surface area contributed by atoms with Crippen LogP contribution in [0.1, 0.15) is 105 Å². The van der Waals surface area contributed by atoms with E-state index in [9.17, 15) is 4.79 Å². The van der Waals surface area contributed by atoms with Crippen molar-refractivity contribution in [1.29, 1.82) is 0 Å². The molecule has 0 radical (unpaired) electrons. The summed E-state index contributed by atoms with van der Waals surface area (Å²) in [6.45, 7) is 9.92. The Hall–Kier alpha value is -0.0105. The molecule has 0 aromatic heterocycles. The summed E-state index contributed by atoms with van der Waals surface area (Å²) in [6, 6.07) is 0. The maximum atomic E-state index is 10.1. The Balaban J connectivity index is 0. The van der Waals surface area contributed by atoms with Crippen LogP contribution >= 0.6 is 0 Å². The molecule has 0 saturated carbocycles. The van der Waals surface area contributed by atoms with Gasteiger partial charge in [-0.2, -0.15) is 0 Å². The molecule has 0 aromatic rings. The summed E-state index contributed by atoms with van der Waals surface area (Å²) in [4.78, 5) is 11.0. The van der Waals surface area contributed by atoms with Crippen molar-refractivity contribution < 1.29 is 4.79 Å². The van der Waals surface area contributed by atoms with Crippen molar-refractivity contribution in [3.05, 3.63) is 0 Å². The van der Waals surface area contributed by atoms with E-state index in [2.05, 4.69) is 33.0 Å². The Morgan fingerprint density at radius 2 is 1.35 bits per heavy atom. The monoisotopic (exact) mass is 393 g/mol. The molecule has 0 spiro atoms. The van der Waals surface area contributed by atoms with Gasteiger partial charge in [-0.15, -0.1) is 0 Å². The average molecular weight is 393 g/mol. The number of hydrogen-bond acceptors (Lipinski definition) is 1. The normalized spacial score (nSPS) is 11.5. The van der Waals surface area contributed by atoms with Gasteiger partial charge in [-0.3, -0.25) is 0 Å². The van der Waals surface area contributed by atoms with Crippen LogP contribution in [-0.4, -0.2) is 27.9 Å². The molecule has 0 rings (SSSR count). The molecule has 1 amide bonds. The van der Waals surface area contributed by atoms with Crippen LogP contribution < -0.4 is 5.32 Å². The minimum atomic E-state index is 0.705. The van der Waals surface area contributed by atoms with Gasteiger partial charge in [-0.05, 0) is 0 Å². The fourth-order valence-electron chi connectivity index (χ4n) is 2.38. The van der Waals surface area contributed by atoms with Crippen molar-refractivity contribution in [2.75, 3.05) is 6.54 Å². The number of amides is 1. The third-order valence-corrected chi connectivity index (χ3v) is 6.51. The van der Waals surface area contributed by atoms with Crippen LogP contribution in [0.3, 0.4) is 0 Å². The second-order valence-electron chi connectivity index (χ2n) is 6.37. The molecule has 23 heavy (non-hydrogen) atoms. The van der Waals surface area contributed by atoms with Crippen LogP contribution in [0, 0.1) is 0 Å². The van der Waals surface area contributed by atoms with E-state index in [0.717, 1.165) is 17.8 Å². The molecule has 1 atom stereocenters. The van der Waals surface area contributed by atoms with Crippen molar-refractivity contribution in [1.82, 2.24) is 5.32 Å². The van der Waals surface area contributed by atoms with E-state index in [1.807, 2.05) is 0 Å². The van der Waals surface area contributed by atoms with Gasteiger partial charge in [0.2, 0.25) is 0 Å². The number of carbonyl (C=O) groups excluding carboxylic acids is 1. The zero-order valence-corrected chi connectivity index (χ0v) is 18.1. The van der Waals surface area contributed by atoms with Gasteiger partial charge in [0, 0.05) is 0 Å². The Kier molecular flexibility index (Phi) is 26.6. The van der Waals surface area contributed by atoms with Gasteiger partial charge in [0.15, 0.2) is 0 Å². The van der Waals surface area contributed by atoms with E-state index >= 15 is 0 Å². The molecule has 3 heteroatoms. The molecule has 0 aromatic carbocycles. The second-order valence-corrected chi connectivity index (χ2v) is 9.61. The van der Waals surface area contributed by atoms with E-state index in [-0.39, 0.29) is 0 Å². The van der Waals surface area contributed by atoms with Crippen LogP contribution in [-0.2, 0) is 4.79 Å². The topological polar surface area (TPSA) is 29.1 Å². The number of hydrogen-bond donors (Lipinski definition) is 1. The van der Waals surface area contributed by atoms with E-state index < -0.39 is 0 Å². The predicted octanol–water partition coefficient (Wildman–Crippen LogP) is 6.39. The van der Waals surface area contributed by atoms with Crippen molar-refractivity contribution >= 4 is 21.4 Å². The molecule has 140 valence electrons. The summed E-state index contributed by atoms with van der Waals surface area (Å²) in [7, 11) is 0. The van der Waals surface area contributed by atoms with E-state index in [1.165, 1.54) is 82.4 Å². The SMILES string of the molecule is CCCCC.CCCCCCCCCCC(C)[Se]CCNC=O. The van der Waals surface area contributed by atoms with Gasteiger partial charge in [0.1, 0.15) is 0 Å². The first-order valence-electron chi connectivity index (χ1n) is 10.0. The molecular formula is C20H43NOSe. The molecule has 0 bridgehead atoms. The van der Waals surface area contributed by atoms with Crippen molar-refractivity contribution in [3.63, 3.8) is 0 Å². The Bertz CT molecular complexity index is 210. The van der Waals surface area contributed by atoms with Crippen molar-refractivity contribution in [3.8, 4) is 0 Å². The van der Waals surface area contributed by atoms with E-state index in [4.69, 9.17) is 0 Å². The quantitative estimate of drug-likeness (QED) is 0.184. The average Bonchev–Trinajstić information content (AvgIpc) is 2.55. The molecule has 1 N–H and O–H groups in total.